The van der Waals surface area contributed by atoms with E-state index in [1.807, 2.05) is 0 Å². The third kappa shape index (κ3) is 3.29. The van der Waals surface area contributed by atoms with Crippen LogP contribution in [0.1, 0.15) is 0 Å². The van der Waals surface area contributed by atoms with E-state index >= 15 is 0 Å². The Morgan fingerprint density at radius 2 is 2.00 bits per heavy atom. The van der Waals surface area contributed by atoms with Crippen molar-refractivity contribution < 1.29 is 36.2 Å². The van der Waals surface area contributed by atoms with Crippen LogP contribution in [0.5, 0.6) is 17.4 Å². The molecule has 0 radical (unpaired) electrons. The molecule has 0 aliphatic rings. The first-order valence-corrected chi connectivity index (χ1v) is 6.33. The predicted molar refractivity (Wildman–Crippen MR) is 52.2 cm³/mol. The number of halogens is 4. The van der Waals surface area contributed by atoms with E-state index < -0.39 is 37.7 Å². The van der Waals surface area contributed by atoms with Crippen molar-refractivity contribution >= 4 is 19.7 Å². The van der Waals surface area contributed by atoms with E-state index in [1.54, 1.807) is 0 Å². The van der Waals surface area contributed by atoms with E-state index in [0.717, 1.165) is 7.11 Å². The van der Waals surface area contributed by atoms with Crippen LogP contribution in [-0.4, -0.2) is 32.0 Å². The first-order chi connectivity index (χ1) is 8.06. The second-order valence-corrected chi connectivity index (χ2v) is 5.30. The fourth-order valence-electron chi connectivity index (χ4n) is 1.05. The van der Waals surface area contributed by atoms with Gasteiger partial charge in [0.2, 0.25) is 5.88 Å². The molecule has 102 valence electrons. The summed E-state index contributed by atoms with van der Waals surface area (Å²) in [5.74, 6) is -2.93. The lowest BCUT2D eigenvalue weighted by atomic mass is 10.4. The summed E-state index contributed by atoms with van der Waals surface area (Å²) in [6, 6.07) is 0. The maximum atomic E-state index is 12.0. The van der Waals surface area contributed by atoms with Gasteiger partial charge in [-0.25, -0.2) is 13.4 Å². The van der Waals surface area contributed by atoms with Crippen LogP contribution in [0.3, 0.4) is 0 Å². The van der Waals surface area contributed by atoms with E-state index in [2.05, 4.69) is 14.5 Å². The number of aromatic hydroxyl groups is 1. The topological polar surface area (TPSA) is 85.7 Å². The third-order valence-electron chi connectivity index (χ3n) is 1.60. The zero-order chi connectivity index (χ0) is 14.1. The molecule has 1 aromatic rings. The molecule has 0 saturated heterocycles. The quantitative estimate of drug-likeness (QED) is 0.854. The summed E-state index contributed by atoms with van der Waals surface area (Å²) in [5, 5.41) is 9.23. The minimum Gasteiger partial charge on any atom is -0.503 e. The number of rotatable bonds is 3. The molecule has 1 N–H and O–H groups in total. The minimum atomic E-state index is -5.18. The van der Waals surface area contributed by atoms with Crippen molar-refractivity contribution in [3.63, 3.8) is 0 Å². The summed E-state index contributed by atoms with van der Waals surface area (Å²) in [4.78, 5) is 1.80. The first-order valence-electron chi connectivity index (χ1n) is 4.02. The maximum absolute atomic E-state index is 12.0. The number of pyridine rings is 1. The van der Waals surface area contributed by atoms with Crippen LogP contribution in [0.4, 0.5) is 13.2 Å². The van der Waals surface area contributed by atoms with Gasteiger partial charge in [-0.1, -0.05) is 0 Å². The van der Waals surface area contributed by atoms with Gasteiger partial charge in [-0.3, -0.25) is 0 Å². The molecule has 0 fully saturated rings. The second-order valence-electron chi connectivity index (χ2n) is 2.80. The summed E-state index contributed by atoms with van der Waals surface area (Å²) in [7, 11) is 1.20. The number of nitrogens with zero attached hydrogens (tertiary/aromatic N) is 1. The Hall–Kier alpha value is -1.42. The fraction of sp³-hybridized carbons (Fsp3) is 0.286. The van der Waals surface area contributed by atoms with Crippen LogP contribution in [0.25, 0.3) is 0 Å². The van der Waals surface area contributed by atoms with Crippen molar-refractivity contribution in [2.45, 2.75) is 11.3 Å². The van der Waals surface area contributed by atoms with E-state index in [1.165, 1.54) is 0 Å². The van der Waals surface area contributed by atoms with Gasteiger partial charge >= 0.3 is 6.36 Å². The lowest BCUT2D eigenvalue weighted by Crippen LogP contribution is -2.19. The van der Waals surface area contributed by atoms with Gasteiger partial charge in [-0.05, 0) is 0 Å². The highest BCUT2D eigenvalue weighted by molar-refractivity contribution is 8.13. The van der Waals surface area contributed by atoms with Crippen LogP contribution >= 0.6 is 10.7 Å². The Kier molecular flexibility index (Phi) is 3.81. The van der Waals surface area contributed by atoms with E-state index in [9.17, 15) is 26.7 Å². The first kappa shape index (κ1) is 14.6. The van der Waals surface area contributed by atoms with Gasteiger partial charge in [-0.15, -0.1) is 13.2 Å². The molecule has 0 aliphatic heterocycles. The molecule has 0 aliphatic carbocycles. The summed E-state index contributed by atoms with van der Waals surface area (Å²) in [6.07, 6.45) is -4.64. The summed E-state index contributed by atoms with van der Waals surface area (Å²) >= 11 is 0. The highest BCUT2D eigenvalue weighted by Gasteiger charge is 2.37. The third-order valence-corrected chi connectivity index (χ3v) is 2.91. The summed E-state index contributed by atoms with van der Waals surface area (Å²) in [5.41, 5.74) is 0. The molecule has 1 heterocycles. The molecule has 1 rings (SSSR count). The van der Waals surface area contributed by atoms with Gasteiger partial charge in [0.1, 0.15) is 0 Å². The molecule has 0 spiro atoms. The molecule has 0 amide bonds. The monoisotopic (exact) mass is 307 g/mol. The highest BCUT2D eigenvalue weighted by Crippen LogP contribution is 2.41. The Morgan fingerprint density at radius 3 is 2.39 bits per heavy atom. The molecular formula is C7H5ClF3NO5S. The molecular weight excluding hydrogens is 303 g/mol. The van der Waals surface area contributed by atoms with Gasteiger partial charge in [0.15, 0.2) is 16.4 Å². The Balaban J connectivity index is 3.54. The van der Waals surface area contributed by atoms with Crippen LogP contribution in [0.2, 0.25) is 0 Å². The molecule has 0 saturated carbocycles. The number of hydrogen-bond donors (Lipinski definition) is 1. The van der Waals surface area contributed by atoms with Crippen LogP contribution in [0.15, 0.2) is 11.1 Å². The van der Waals surface area contributed by atoms with E-state index in [0.29, 0.717) is 6.20 Å². The van der Waals surface area contributed by atoms with Crippen LogP contribution in [0, 0.1) is 0 Å². The summed E-state index contributed by atoms with van der Waals surface area (Å²) < 4.78 is 66.3. The minimum absolute atomic E-state index is 0.533. The van der Waals surface area contributed by atoms with Gasteiger partial charge < -0.3 is 14.6 Å². The van der Waals surface area contributed by atoms with Crippen LogP contribution < -0.4 is 9.47 Å². The lowest BCUT2D eigenvalue weighted by Gasteiger charge is -2.13. The fourth-order valence-corrected chi connectivity index (χ4v) is 2.17. The van der Waals surface area contributed by atoms with E-state index in [4.69, 9.17) is 10.7 Å². The molecule has 0 aromatic carbocycles. The number of alkyl halides is 3. The molecule has 6 nitrogen and oxygen atoms in total. The summed E-state index contributed by atoms with van der Waals surface area (Å²) in [6.45, 7) is 0. The van der Waals surface area contributed by atoms with Crippen LogP contribution in [-0.2, 0) is 9.05 Å². The molecule has 0 unspecified atom stereocenters. The SMILES string of the molecule is COc1c(O)cnc(OC(F)(F)F)c1S(=O)(=O)Cl. The van der Waals surface area contributed by atoms with Gasteiger partial charge in [0.25, 0.3) is 9.05 Å². The van der Waals surface area contributed by atoms with Crippen molar-refractivity contribution in [3.05, 3.63) is 6.20 Å². The molecule has 0 bridgehead atoms. The average Bonchev–Trinajstić information content (AvgIpc) is 2.16. The van der Waals surface area contributed by atoms with Gasteiger partial charge in [-0.2, -0.15) is 0 Å². The predicted octanol–water partition coefficient (Wildman–Crippen LogP) is 1.62. The Bertz CT molecular complexity index is 559. The second kappa shape index (κ2) is 4.69. The molecule has 18 heavy (non-hydrogen) atoms. The van der Waals surface area contributed by atoms with Gasteiger partial charge in [0.05, 0.1) is 13.3 Å². The van der Waals surface area contributed by atoms with Crippen molar-refractivity contribution in [3.8, 4) is 17.4 Å². The van der Waals surface area contributed by atoms with Crippen molar-refractivity contribution in [1.82, 2.24) is 4.98 Å². The van der Waals surface area contributed by atoms with Crippen molar-refractivity contribution in [2.75, 3.05) is 7.11 Å². The standard InChI is InChI=1S/C7H5ClF3NO5S/c1-16-4-3(13)2-12-6(17-7(9,10)11)5(4)18(8,14)15/h2,13H,1H3. The Morgan fingerprint density at radius 1 is 1.44 bits per heavy atom. The average molecular weight is 308 g/mol. The van der Waals surface area contributed by atoms with Crippen molar-refractivity contribution in [2.24, 2.45) is 0 Å². The van der Waals surface area contributed by atoms with Gasteiger partial charge in [0, 0.05) is 10.7 Å². The highest BCUT2D eigenvalue weighted by atomic mass is 35.7. The smallest absolute Gasteiger partial charge is 0.503 e. The normalized spacial score (nSPS) is 12.3. The largest absolute Gasteiger partial charge is 0.574 e. The molecule has 11 heteroatoms. The molecule has 0 atom stereocenters. The Labute approximate surface area is 103 Å². The number of ether oxygens (including phenoxy) is 2. The zero-order valence-electron chi connectivity index (χ0n) is 8.52. The lowest BCUT2D eigenvalue weighted by molar-refractivity contribution is -0.277. The molecule has 1 aromatic heterocycles. The number of hydrogen-bond acceptors (Lipinski definition) is 6. The zero-order valence-corrected chi connectivity index (χ0v) is 10.1. The van der Waals surface area contributed by atoms with Crippen molar-refractivity contribution in [1.29, 1.82) is 0 Å². The number of aromatic nitrogens is 1. The van der Waals surface area contributed by atoms with E-state index in [-0.39, 0.29) is 0 Å². The maximum Gasteiger partial charge on any atom is 0.574 e. The number of methoxy groups -OCH3 is 1.